The van der Waals surface area contributed by atoms with Crippen molar-refractivity contribution in [3.05, 3.63) is 0 Å². The van der Waals surface area contributed by atoms with E-state index in [0.717, 1.165) is 29.7 Å². The first kappa shape index (κ1) is 12.0. The van der Waals surface area contributed by atoms with Gasteiger partial charge < -0.3 is 5.32 Å². The topological polar surface area (TPSA) is 12.0 Å². The van der Waals surface area contributed by atoms with Gasteiger partial charge in [-0.25, -0.2) is 0 Å². The van der Waals surface area contributed by atoms with Crippen molar-refractivity contribution in [2.24, 2.45) is 23.7 Å². The second-order valence-corrected chi connectivity index (χ2v) is 6.67. The van der Waals surface area contributed by atoms with Crippen molar-refractivity contribution >= 4 is 0 Å². The summed E-state index contributed by atoms with van der Waals surface area (Å²) in [6.45, 7) is 3.47. The van der Waals surface area contributed by atoms with Crippen LogP contribution < -0.4 is 5.32 Å². The lowest BCUT2D eigenvalue weighted by Gasteiger charge is -2.31. The van der Waals surface area contributed by atoms with Gasteiger partial charge in [0, 0.05) is 6.04 Å². The predicted octanol–water partition coefficient (Wildman–Crippen LogP) is 3.98. The fourth-order valence-corrected chi connectivity index (χ4v) is 4.93. The van der Waals surface area contributed by atoms with Crippen molar-refractivity contribution in [2.45, 2.75) is 70.8 Å². The van der Waals surface area contributed by atoms with Crippen LogP contribution >= 0.6 is 0 Å². The van der Waals surface area contributed by atoms with Gasteiger partial charge >= 0.3 is 0 Å². The van der Waals surface area contributed by atoms with E-state index in [1.807, 2.05) is 0 Å². The molecule has 0 aromatic carbocycles. The lowest BCUT2D eigenvalue weighted by Crippen LogP contribution is -2.39. The van der Waals surface area contributed by atoms with Crippen LogP contribution in [0.4, 0.5) is 0 Å². The maximum Gasteiger partial charge on any atom is 0.0129 e. The summed E-state index contributed by atoms with van der Waals surface area (Å²) in [7, 11) is 0. The Morgan fingerprint density at radius 1 is 0.882 bits per heavy atom. The Bertz CT molecular complexity index is 232. The molecule has 1 nitrogen and oxygen atoms in total. The number of hydrogen-bond acceptors (Lipinski definition) is 1. The van der Waals surface area contributed by atoms with Gasteiger partial charge in [0.05, 0.1) is 0 Å². The summed E-state index contributed by atoms with van der Waals surface area (Å²) in [5.41, 5.74) is 0. The maximum atomic E-state index is 3.87. The Morgan fingerprint density at radius 3 is 2.06 bits per heavy atom. The first-order chi connectivity index (χ1) is 8.42. The van der Waals surface area contributed by atoms with Crippen molar-refractivity contribution in [1.82, 2.24) is 5.32 Å². The fraction of sp³-hybridized carbons (Fsp3) is 1.00. The highest BCUT2D eigenvalue weighted by atomic mass is 14.9. The van der Waals surface area contributed by atoms with Crippen LogP contribution in [0.15, 0.2) is 0 Å². The van der Waals surface area contributed by atoms with Gasteiger partial charge in [0.15, 0.2) is 0 Å². The highest BCUT2D eigenvalue weighted by Crippen LogP contribution is 2.58. The molecule has 3 fully saturated rings. The summed E-state index contributed by atoms with van der Waals surface area (Å²) in [4.78, 5) is 0. The smallest absolute Gasteiger partial charge is 0.0129 e. The second-order valence-electron chi connectivity index (χ2n) is 6.67. The van der Waals surface area contributed by atoms with Crippen LogP contribution in [0.5, 0.6) is 0 Å². The molecule has 1 heteroatoms. The fourth-order valence-electron chi connectivity index (χ4n) is 4.93. The second kappa shape index (κ2) is 5.30. The molecule has 0 saturated heterocycles. The van der Waals surface area contributed by atoms with Crippen molar-refractivity contribution in [1.29, 1.82) is 0 Å². The molecule has 3 aliphatic rings. The van der Waals surface area contributed by atoms with Crippen molar-refractivity contribution in [2.75, 3.05) is 6.54 Å². The molecule has 0 spiro atoms. The van der Waals surface area contributed by atoms with E-state index in [-0.39, 0.29) is 0 Å². The normalized spacial score (nSPS) is 39.7. The Hall–Kier alpha value is -0.0400. The van der Waals surface area contributed by atoms with Gasteiger partial charge in [0.2, 0.25) is 0 Å². The van der Waals surface area contributed by atoms with Gasteiger partial charge in [-0.05, 0) is 55.9 Å². The van der Waals surface area contributed by atoms with E-state index in [9.17, 15) is 0 Å². The molecule has 0 aromatic rings. The van der Waals surface area contributed by atoms with E-state index in [1.165, 1.54) is 51.5 Å². The summed E-state index contributed by atoms with van der Waals surface area (Å²) in [6, 6.07) is 0.883. The summed E-state index contributed by atoms with van der Waals surface area (Å²) >= 11 is 0. The molecular weight excluding hydrogens is 206 g/mol. The largest absolute Gasteiger partial charge is 0.314 e. The molecule has 3 atom stereocenters. The highest BCUT2D eigenvalue weighted by Gasteiger charge is 2.55. The van der Waals surface area contributed by atoms with Crippen LogP contribution in [-0.4, -0.2) is 12.6 Å². The first-order valence-electron chi connectivity index (χ1n) is 8.15. The molecule has 3 saturated carbocycles. The van der Waals surface area contributed by atoms with E-state index in [2.05, 4.69) is 12.2 Å². The Labute approximate surface area is 107 Å². The van der Waals surface area contributed by atoms with E-state index < -0.39 is 0 Å². The van der Waals surface area contributed by atoms with Gasteiger partial charge in [-0.15, -0.1) is 0 Å². The predicted molar refractivity (Wildman–Crippen MR) is 73.0 cm³/mol. The zero-order valence-corrected chi connectivity index (χ0v) is 11.5. The van der Waals surface area contributed by atoms with Crippen LogP contribution in [-0.2, 0) is 0 Å². The van der Waals surface area contributed by atoms with Crippen LogP contribution in [0, 0.1) is 23.7 Å². The zero-order valence-electron chi connectivity index (χ0n) is 11.5. The summed E-state index contributed by atoms with van der Waals surface area (Å²) in [5, 5.41) is 3.87. The Kier molecular flexibility index (Phi) is 3.75. The van der Waals surface area contributed by atoms with E-state index in [1.54, 1.807) is 12.8 Å². The van der Waals surface area contributed by atoms with Crippen LogP contribution in [0.25, 0.3) is 0 Å². The van der Waals surface area contributed by atoms with Crippen molar-refractivity contribution in [3.63, 3.8) is 0 Å². The zero-order chi connectivity index (χ0) is 11.7. The average Bonchev–Trinajstić information content (AvgIpc) is 3.11. The standard InChI is InChI=1S/C16H29N/c1-2-17-16(12-8-4-3-5-9-12)15-13-10-6-7-11-14(13)15/h12-17H,2-11H2,1H3. The number of fused-ring (bicyclic) bond motifs is 1. The molecule has 0 aromatic heterocycles. The van der Waals surface area contributed by atoms with Gasteiger partial charge in [0.25, 0.3) is 0 Å². The molecule has 0 amide bonds. The van der Waals surface area contributed by atoms with E-state index in [4.69, 9.17) is 0 Å². The molecule has 0 heterocycles. The molecule has 0 bridgehead atoms. The lowest BCUT2D eigenvalue weighted by atomic mass is 9.81. The quantitative estimate of drug-likeness (QED) is 0.777. The molecule has 98 valence electrons. The highest BCUT2D eigenvalue weighted by molar-refractivity contribution is 5.06. The van der Waals surface area contributed by atoms with Crippen molar-refractivity contribution in [3.8, 4) is 0 Å². The summed E-state index contributed by atoms with van der Waals surface area (Å²) in [5.74, 6) is 4.32. The molecule has 0 aliphatic heterocycles. The summed E-state index contributed by atoms with van der Waals surface area (Å²) in [6.07, 6.45) is 13.6. The first-order valence-corrected chi connectivity index (χ1v) is 8.15. The number of rotatable bonds is 4. The molecule has 3 unspecified atom stereocenters. The average molecular weight is 235 g/mol. The Morgan fingerprint density at radius 2 is 1.47 bits per heavy atom. The monoisotopic (exact) mass is 235 g/mol. The van der Waals surface area contributed by atoms with Gasteiger partial charge in [0.1, 0.15) is 0 Å². The number of hydrogen-bond donors (Lipinski definition) is 1. The minimum absolute atomic E-state index is 0.883. The third kappa shape index (κ3) is 2.41. The molecule has 0 radical (unpaired) electrons. The molecule has 1 N–H and O–H groups in total. The van der Waals surface area contributed by atoms with Gasteiger partial charge in [-0.3, -0.25) is 0 Å². The van der Waals surface area contributed by atoms with E-state index in [0.29, 0.717) is 0 Å². The van der Waals surface area contributed by atoms with E-state index >= 15 is 0 Å². The van der Waals surface area contributed by atoms with Crippen molar-refractivity contribution < 1.29 is 0 Å². The maximum absolute atomic E-state index is 3.87. The van der Waals surface area contributed by atoms with Crippen LogP contribution in [0.1, 0.15) is 64.7 Å². The SMILES string of the molecule is CCNC(C1CCCCC1)C1C2CCCCC21. The molecule has 17 heavy (non-hydrogen) atoms. The molecule has 3 rings (SSSR count). The molecular formula is C16H29N. The third-order valence-electron chi connectivity index (χ3n) is 5.73. The van der Waals surface area contributed by atoms with Gasteiger partial charge in [-0.2, -0.15) is 0 Å². The van der Waals surface area contributed by atoms with Crippen LogP contribution in [0.3, 0.4) is 0 Å². The van der Waals surface area contributed by atoms with Gasteiger partial charge in [-0.1, -0.05) is 39.0 Å². The van der Waals surface area contributed by atoms with Crippen LogP contribution in [0.2, 0.25) is 0 Å². The minimum atomic E-state index is 0.883. The summed E-state index contributed by atoms with van der Waals surface area (Å²) < 4.78 is 0. The lowest BCUT2D eigenvalue weighted by molar-refractivity contribution is 0.239. The minimum Gasteiger partial charge on any atom is -0.314 e. The Balaban J connectivity index is 1.63. The number of nitrogens with one attached hydrogen (secondary N) is 1. The molecule has 3 aliphatic carbocycles. The third-order valence-corrected chi connectivity index (χ3v) is 5.73.